The molecule has 0 bridgehead atoms. The van der Waals surface area contributed by atoms with E-state index in [1.165, 1.54) is 0 Å². The summed E-state index contributed by atoms with van der Waals surface area (Å²) < 4.78 is 0. The van der Waals surface area contributed by atoms with Crippen molar-refractivity contribution in [3.63, 3.8) is 0 Å². The Balaban J connectivity index is 1.86. The maximum Gasteiger partial charge on any atom is 0.225 e. The summed E-state index contributed by atoms with van der Waals surface area (Å²) in [5.74, 6) is 0.833. The molecule has 17 heavy (non-hydrogen) atoms. The van der Waals surface area contributed by atoms with Crippen LogP contribution in [0.3, 0.4) is 0 Å². The first kappa shape index (κ1) is 12.3. The van der Waals surface area contributed by atoms with Gasteiger partial charge in [-0.2, -0.15) is 0 Å². The van der Waals surface area contributed by atoms with Crippen molar-refractivity contribution in [1.82, 2.24) is 14.9 Å². The molecule has 1 saturated heterocycles. The second-order valence-corrected chi connectivity index (χ2v) is 5.30. The smallest absolute Gasteiger partial charge is 0.225 e. The highest BCUT2D eigenvalue weighted by molar-refractivity contribution is 5.29. The van der Waals surface area contributed by atoms with Gasteiger partial charge in [0.15, 0.2) is 0 Å². The van der Waals surface area contributed by atoms with Crippen LogP contribution in [0.4, 0.5) is 5.95 Å². The van der Waals surface area contributed by atoms with Crippen molar-refractivity contribution in [3.8, 4) is 0 Å². The fourth-order valence-corrected chi connectivity index (χ4v) is 2.14. The Hall–Kier alpha value is -1.20. The van der Waals surface area contributed by atoms with Crippen LogP contribution in [0.15, 0.2) is 18.5 Å². The Morgan fingerprint density at radius 2 is 1.76 bits per heavy atom. The monoisotopic (exact) mass is 235 g/mol. The lowest BCUT2D eigenvalue weighted by Crippen LogP contribution is -2.53. The van der Waals surface area contributed by atoms with Gasteiger partial charge in [-0.15, -0.1) is 0 Å². The molecule has 0 aromatic carbocycles. The van der Waals surface area contributed by atoms with E-state index in [2.05, 4.69) is 33.6 Å². The number of piperazine rings is 1. The van der Waals surface area contributed by atoms with Gasteiger partial charge in [-0.05, 0) is 19.9 Å². The van der Waals surface area contributed by atoms with E-state index in [1.807, 2.05) is 6.07 Å². The SMILES string of the molecule is CC(C)(N)CN1CCN(c2ncccn2)CC1. The van der Waals surface area contributed by atoms with Gasteiger partial charge in [0.25, 0.3) is 0 Å². The fourth-order valence-electron chi connectivity index (χ4n) is 2.14. The van der Waals surface area contributed by atoms with Crippen molar-refractivity contribution in [3.05, 3.63) is 18.5 Å². The van der Waals surface area contributed by atoms with Crippen LogP contribution in [-0.2, 0) is 0 Å². The van der Waals surface area contributed by atoms with E-state index in [0.29, 0.717) is 0 Å². The van der Waals surface area contributed by atoms with Gasteiger partial charge in [-0.1, -0.05) is 0 Å². The number of aromatic nitrogens is 2. The zero-order chi connectivity index (χ0) is 12.3. The van der Waals surface area contributed by atoms with E-state index < -0.39 is 0 Å². The Morgan fingerprint density at radius 3 is 2.29 bits per heavy atom. The summed E-state index contributed by atoms with van der Waals surface area (Å²) >= 11 is 0. The molecule has 0 unspecified atom stereocenters. The number of hydrogen-bond donors (Lipinski definition) is 1. The lowest BCUT2D eigenvalue weighted by molar-refractivity contribution is 0.213. The summed E-state index contributed by atoms with van der Waals surface area (Å²) in [5, 5.41) is 0. The van der Waals surface area contributed by atoms with Crippen molar-refractivity contribution >= 4 is 5.95 Å². The molecule has 1 fully saturated rings. The standard InChI is InChI=1S/C12H21N5/c1-12(2,13)10-16-6-8-17(9-7-16)11-14-4-3-5-15-11/h3-5H,6-10,13H2,1-2H3. The molecule has 5 nitrogen and oxygen atoms in total. The van der Waals surface area contributed by atoms with Crippen LogP contribution in [0.5, 0.6) is 0 Å². The first-order valence-corrected chi connectivity index (χ1v) is 6.08. The third-order valence-electron chi connectivity index (χ3n) is 2.84. The van der Waals surface area contributed by atoms with Crippen LogP contribution >= 0.6 is 0 Å². The molecular weight excluding hydrogens is 214 g/mol. The van der Waals surface area contributed by atoms with Gasteiger partial charge in [0, 0.05) is 50.7 Å². The summed E-state index contributed by atoms with van der Waals surface area (Å²) in [4.78, 5) is 13.2. The highest BCUT2D eigenvalue weighted by Crippen LogP contribution is 2.11. The minimum Gasteiger partial charge on any atom is -0.338 e. The number of rotatable bonds is 3. The maximum atomic E-state index is 6.03. The molecule has 1 aromatic rings. The van der Waals surface area contributed by atoms with E-state index in [-0.39, 0.29) is 5.54 Å². The lowest BCUT2D eigenvalue weighted by Gasteiger charge is -2.37. The van der Waals surface area contributed by atoms with E-state index in [0.717, 1.165) is 38.7 Å². The molecule has 0 amide bonds. The van der Waals surface area contributed by atoms with Gasteiger partial charge in [-0.25, -0.2) is 9.97 Å². The maximum absolute atomic E-state index is 6.03. The average molecular weight is 235 g/mol. The second-order valence-electron chi connectivity index (χ2n) is 5.30. The van der Waals surface area contributed by atoms with Gasteiger partial charge < -0.3 is 10.6 Å². The van der Waals surface area contributed by atoms with Crippen molar-refractivity contribution < 1.29 is 0 Å². The van der Waals surface area contributed by atoms with E-state index in [1.54, 1.807) is 12.4 Å². The zero-order valence-corrected chi connectivity index (χ0v) is 10.6. The van der Waals surface area contributed by atoms with Gasteiger partial charge in [0.05, 0.1) is 0 Å². The predicted octanol–water partition coefficient (Wildman–Crippen LogP) is 0.336. The predicted molar refractivity (Wildman–Crippen MR) is 69.0 cm³/mol. The molecule has 1 aromatic heterocycles. The quantitative estimate of drug-likeness (QED) is 0.818. The van der Waals surface area contributed by atoms with Crippen LogP contribution in [-0.4, -0.2) is 53.1 Å². The summed E-state index contributed by atoms with van der Waals surface area (Å²) in [6.45, 7) is 9.08. The molecule has 1 aliphatic rings. The summed E-state index contributed by atoms with van der Waals surface area (Å²) in [7, 11) is 0. The minimum absolute atomic E-state index is 0.120. The summed E-state index contributed by atoms with van der Waals surface area (Å²) in [5.41, 5.74) is 5.91. The molecule has 0 radical (unpaired) electrons. The van der Waals surface area contributed by atoms with Crippen LogP contribution in [0.2, 0.25) is 0 Å². The van der Waals surface area contributed by atoms with E-state index in [9.17, 15) is 0 Å². The van der Waals surface area contributed by atoms with E-state index >= 15 is 0 Å². The molecule has 0 atom stereocenters. The van der Waals surface area contributed by atoms with E-state index in [4.69, 9.17) is 5.73 Å². The van der Waals surface area contributed by atoms with Crippen LogP contribution < -0.4 is 10.6 Å². The lowest BCUT2D eigenvalue weighted by atomic mass is 10.1. The Bertz CT molecular complexity index is 338. The summed E-state index contributed by atoms with van der Waals surface area (Å²) in [6, 6.07) is 1.84. The van der Waals surface area contributed by atoms with Gasteiger partial charge >= 0.3 is 0 Å². The largest absolute Gasteiger partial charge is 0.338 e. The Morgan fingerprint density at radius 1 is 1.18 bits per heavy atom. The molecule has 5 heteroatoms. The van der Waals surface area contributed by atoms with Gasteiger partial charge in [0.1, 0.15) is 0 Å². The van der Waals surface area contributed by atoms with Gasteiger partial charge in [-0.3, -0.25) is 4.90 Å². The molecule has 2 rings (SSSR count). The van der Waals surface area contributed by atoms with Gasteiger partial charge in [0.2, 0.25) is 5.95 Å². The van der Waals surface area contributed by atoms with Crippen molar-refractivity contribution in [2.75, 3.05) is 37.6 Å². The normalized spacial score (nSPS) is 18.4. The molecule has 0 spiro atoms. The topological polar surface area (TPSA) is 58.3 Å². The average Bonchev–Trinajstić information content (AvgIpc) is 2.29. The van der Waals surface area contributed by atoms with Crippen LogP contribution in [0.1, 0.15) is 13.8 Å². The van der Waals surface area contributed by atoms with Crippen molar-refractivity contribution in [2.45, 2.75) is 19.4 Å². The third kappa shape index (κ3) is 3.64. The number of nitrogens with zero attached hydrogens (tertiary/aromatic N) is 4. The first-order chi connectivity index (χ1) is 8.04. The van der Waals surface area contributed by atoms with Crippen LogP contribution in [0, 0.1) is 0 Å². The first-order valence-electron chi connectivity index (χ1n) is 6.08. The molecule has 2 N–H and O–H groups in total. The van der Waals surface area contributed by atoms with Crippen molar-refractivity contribution in [1.29, 1.82) is 0 Å². The highest BCUT2D eigenvalue weighted by atomic mass is 15.3. The zero-order valence-electron chi connectivity index (χ0n) is 10.6. The Labute approximate surface area is 103 Å². The number of hydrogen-bond acceptors (Lipinski definition) is 5. The van der Waals surface area contributed by atoms with Crippen LogP contribution in [0.25, 0.3) is 0 Å². The Kier molecular flexibility index (Phi) is 3.59. The molecular formula is C12H21N5. The number of nitrogens with two attached hydrogens (primary N) is 1. The third-order valence-corrected chi connectivity index (χ3v) is 2.84. The fraction of sp³-hybridized carbons (Fsp3) is 0.667. The van der Waals surface area contributed by atoms with Crippen molar-refractivity contribution in [2.24, 2.45) is 5.73 Å². The molecule has 94 valence electrons. The molecule has 0 saturated carbocycles. The minimum atomic E-state index is -0.120. The molecule has 2 heterocycles. The summed E-state index contributed by atoms with van der Waals surface area (Å²) in [6.07, 6.45) is 3.58. The highest BCUT2D eigenvalue weighted by Gasteiger charge is 2.22. The molecule has 1 aliphatic heterocycles. The number of anilines is 1. The second kappa shape index (κ2) is 4.98. The molecule has 0 aliphatic carbocycles.